The third kappa shape index (κ3) is 6.21. The fraction of sp³-hybridized carbons (Fsp3) is 0.355. The predicted molar refractivity (Wildman–Crippen MR) is 144 cm³/mol. The van der Waals surface area contributed by atoms with E-state index in [0.717, 1.165) is 41.6 Å². The molecule has 1 aliphatic heterocycles. The van der Waals surface area contributed by atoms with Gasteiger partial charge in [0, 0.05) is 30.3 Å². The van der Waals surface area contributed by atoms with E-state index < -0.39 is 0 Å². The number of nitrogens with zero attached hydrogens (tertiary/aromatic N) is 1. The molecule has 0 spiro atoms. The first kappa shape index (κ1) is 24.3. The number of amides is 2. The minimum absolute atomic E-state index is 0.0188. The smallest absolute Gasteiger partial charge is 0.251 e. The van der Waals surface area contributed by atoms with Gasteiger partial charge in [-0.15, -0.1) is 0 Å². The van der Waals surface area contributed by atoms with E-state index in [9.17, 15) is 9.59 Å². The number of carbonyl (C=O) groups is 2. The van der Waals surface area contributed by atoms with Crippen LogP contribution in [0.4, 0.5) is 0 Å². The Hall–Kier alpha value is -3.44. The summed E-state index contributed by atoms with van der Waals surface area (Å²) < 4.78 is 0. The zero-order valence-corrected chi connectivity index (χ0v) is 21.1. The molecule has 2 aliphatic rings. The van der Waals surface area contributed by atoms with Crippen LogP contribution in [0.25, 0.3) is 11.1 Å². The molecule has 5 rings (SSSR count). The van der Waals surface area contributed by atoms with Crippen molar-refractivity contribution in [3.63, 3.8) is 0 Å². The van der Waals surface area contributed by atoms with E-state index >= 15 is 0 Å². The highest BCUT2D eigenvalue weighted by Gasteiger charge is 2.24. The fourth-order valence-corrected chi connectivity index (χ4v) is 4.87. The van der Waals surface area contributed by atoms with Crippen molar-refractivity contribution in [3.05, 3.63) is 94.5 Å². The first-order valence-corrected chi connectivity index (χ1v) is 13.2. The van der Waals surface area contributed by atoms with Gasteiger partial charge in [0.2, 0.25) is 0 Å². The zero-order valence-electron chi connectivity index (χ0n) is 21.1. The van der Waals surface area contributed by atoms with E-state index in [2.05, 4.69) is 39.8 Å². The van der Waals surface area contributed by atoms with E-state index in [0.29, 0.717) is 23.7 Å². The molecule has 2 fully saturated rings. The number of hydrogen-bond donors (Lipinski definition) is 2. The molecular formula is C31H35N3O2. The first-order chi connectivity index (χ1) is 17.5. The molecule has 0 atom stereocenters. The van der Waals surface area contributed by atoms with Gasteiger partial charge in [0.05, 0.1) is 0 Å². The second-order valence-corrected chi connectivity index (χ2v) is 10.2. The lowest BCUT2D eigenvalue weighted by molar-refractivity contribution is 0.0943. The Morgan fingerprint density at radius 2 is 1.56 bits per heavy atom. The third-order valence-electron chi connectivity index (χ3n) is 7.17. The summed E-state index contributed by atoms with van der Waals surface area (Å²) in [5.41, 5.74) is 6.82. The van der Waals surface area contributed by atoms with Crippen LogP contribution in [0.3, 0.4) is 0 Å². The van der Waals surface area contributed by atoms with Crippen molar-refractivity contribution in [2.45, 2.75) is 58.2 Å². The summed E-state index contributed by atoms with van der Waals surface area (Å²) in [4.78, 5) is 27.8. The Balaban J connectivity index is 1.20. The van der Waals surface area contributed by atoms with E-state index in [1.807, 2.05) is 49.4 Å². The Kier molecular flexibility index (Phi) is 7.47. The number of benzene rings is 3. The Morgan fingerprint density at radius 3 is 2.31 bits per heavy atom. The largest absolute Gasteiger partial charge is 0.349 e. The van der Waals surface area contributed by atoms with Crippen LogP contribution in [0, 0.1) is 6.92 Å². The predicted octanol–water partition coefficient (Wildman–Crippen LogP) is 5.47. The highest BCUT2D eigenvalue weighted by atomic mass is 16.2. The van der Waals surface area contributed by atoms with Gasteiger partial charge in [0.15, 0.2) is 0 Å². The Labute approximate surface area is 213 Å². The number of carbonyl (C=O) groups excluding carboxylic acids is 2. The van der Waals surface area contributed by atoms with Gasteiger partial charge in [-0.05, 0) is 97.8 Å². The summed E-state index contributed by atoms with van der Waals surface area (Å²) >= 11 is 0. The van der Waals surface area contributed by atoms with Crippen molar-refractivity contribution in [2.24, 2.45) is 0 Å². The third-order valence-corrected chi connectivity index (χ3v) is 7.17. The summed E-state index contributed by atoms with van der Waals surface area (Å²) in [6, 6.07) is 22.3. The quantitative estimate of drug-likeness (QED) is 0.449. The van der Waals surface area contributed by atoms with Crippen LogP contribution in [0.1, 0.15) is 69.5 Å². The number of hydrogen-bond acceptors (Lipinski definition) is 3. The Bertz CT molecular complexity index is 1220. The molecule has 2 N–H and O–H groups in total. The van der Waals surface area contributed by atoms with Crippen LogP contribution in [0.5, 0.6) is 0 Å². The molecule has 0 radical (unpaired) electrons. The van der Waals surface area contributed by atoms with Crippen molar-refractivity contribution < 1.29 is 9.59 Å². The molecule has 1 saturated carbocycles. The molecule has 3 aromatic carbocycles. The van der Waals surface area contributed by atoms with Crippen molar-refractivity contribution in [1.82, 2.24) is 15.5 Å². The van der Waals surface area contributed by atoms with Crippen LogP contribution < -0.4 is 10.6 Å². The average Bonchev–Trinajstić information content (AvgIpc) is 3.72. The molecular weight excluding hydrogens is 446 g/mol. The number of piperidine rings is 1. The van der Waals surface area contributed by atoms with Gasteiger partial charge in [0.25, 0.3) is 11.8 Å². The Morgan fingerprint density at radius 1 is 0.833 bits per heavy atom. The van der Waals surface area contributed by atoms with Gasteiger partial charge in [0.1, 0.15) is 0 Å². The molecule has 0 aromatic heterocycles. The summed E-state index contributed by atoms with van der Waals surface area (Å²) in [7, 11) is 0. The van der Waals surface area contributed by atoms with Gasteiger partial charge in [-0.2, -0.15) is 0 Å². The molecule has 3 aromatic rings. The molecule has 5 heteroatoms. The lowest BCUT2D eigenvalue weighted by atomic mass is 9.97. The van der Waals surface area contributed by atoms with Crippen molar-refractivity contribution in [1.29, 1.82) is 0 Å². The maximum Gasteiger partial charge on any atom is 0.251 e. The van der Waals surface area contributed by atoms with Gasteiger partial charge in [-0.1, -0.05) is 48.9 Å². The summed E-state index contributed by atoms with van der Waals surface area (Å²) in [6.45, 7) is 5.87. The van der Waals surface area contributed by atoms with Gasteiger partial charge < -0.3 is 10.6 Å². The molecule has 0 bridgehead atoms. The minimum atomic E-state index is -0.0859. The standard InChI is InChI=1S/C31H35N3O2/c1-22-8-9-27(31(36)33-28-14-15-28)19-29(22)25-10-12-26(13-11-25)30(35)32-20-23-6-5-7-24(18-23)21-34-16-3-2-4-17-34/h5-13,18-19,28H,2-4,14-17,20-21H2,1H3,(H,32,35)(H,33,36). The molecule has 1 saturated heterocycles. The second kappa shape index (κ2) is 11.1. The minimum Gasteiger partial charge on any atom is -0.349 e. The van der Waals surface area contributed by atoms with Gasteiger partial charge >= 0.3 is 0 Å². The lowest BCUT2D eigenvalue weighted by Crippen LogP contribution is -2.29. The van der Waals surface area contributed by atoms with E-state index in [1.54, 1.807) is 0 Å². The number of aryl methyl sites for hydroxylation is 1. The van der Waals surface area contributed by atoms with E-state index in [4.69, 9.17) is 0 Å². The average molecular weight is 482 g/mol. The van der Waals surface area contributed by atoms with Gasteiger partial charge in [-0.25, -0.2) is 0 Å². The summed E-state index contributed by atoms with van der Waals surface area (Å²) in [5, 5.41) is 6.11. The van der Waals surface area contributed by atoms with Gasteiger partial charge in [-0.3, -0.25) is 14.5 Å². The van der Waals surface area contributed by atoms with Crippen LogP contribution >= 0.6 is 0 Å². The first-order valence-electron chi connectivity index (χ1n) is 13.2. The van der Waals surface area contributed by atoms with Crippen LogP contribution in [0.15, 0.2) is 66.7 Å². The van der Waals surface area contributed by atoms with Crippen LogP contribution in [0.2, 0.25) is 0 Å². The molecule has 1 heterocycles. The second-order valence-electron chi connectivity index (χ2n) is 10.2. The maximum atomic E-state index is 12.8. The van der Waals surface area contributed by atoms with E-state index in [1.165, 1.54) is 37.9 Å². The number of likely N-dealkylation sites (tertiary alicyclic amines) is 1. The van der Waals surface area contributed by atoms with Crippen LogP contribution in [-0.4, -0.2) is 35.8 Å². The normalized spacial score (nSPS) is 15.9. The topological polar surface area (TPSA) is 61.4 Å². The zero-order chi connectivity index (χ0) is 24.9. The maximum absolute atomic E-state index is 12.8. The molecule has 1 aliphatic carbocycles. The number of nitrogens with one attached hydrogen (secondary N) is 2. The highest BCUT2D eigenvalue weighted by molar-refractivity contribution is 5.97. The molecule has 186 valence electrons. The highest BCUT2D eigenvalue weighted by Crippen LogP contribution is 2.26. The molecule has 5 nitrogen and oxygen atoms in total. The lowest BCUT2D eigenvalue weighted by Gasteiger charge is -2.26. The monoisotopic (exact) mass is 481 g/mol. The molecule has 2 amide bonds. The van der Waals surface area contributed by atoms with E-state index in [-0.39, 0.29) is 11.8 Å². The fourth-order valence-electron chi connectivity index (χ4n) is 4.87. The molecule has 36 heavy (non-hydrogen) atoms. The van der Waals surface area contributed by atoms with Crippen molar-refractivity contribution in [3.8, 4) is 11.1 Å². The summed E-state index contributed by atoms with van der Waals surface area (Å²) in [6.07, 6.45) is 6.05. The van der Waals surface area contributed by atoms with Crippen molar-refractivity contribution >= 4 is 11.8 Å². The van der Waals surface area contributed by atoms with Crippen molar-refractivity contribution in [2.75, 3.05) is 13.1 Å². The number of rotatable bonds is 8. The SMILES string of the molecule is Cc1ccc(C(=O)NC2CC2)cc1-c1ccc(C(=O)NCc2cccc(CN3CCCCC3)c2)cc1. The molecule has 0 unspecified atom stereocenters. The van der Waals surface area contributed by atoms with Crippen LogP contribution in [-0.2, 0) is 13.1 Å². The summed E-state index contributed by atoms with van der Waals surface area (Å²) in [5.74, 6) is -0.105.